The molecule has 27 heavy (non-hydrogen) atoms. The first-order chi connectivity index (χ1) is 12.8. The van der Waals surface area contributed by atoms with Gasteiger partial charge in [-0.25, -0.2) is 0 Å². The van der Waals surface area contributed by atoms with Crippen LogP contribution in [0.25, 0.3) is 22.0 Å². The number of piperidine rings is 1. The Balaban J connectivity index is 1.56. The third kappa shape index (κ3) is 3.96. The molecule has 0 spiro atoms. The van der Waals surface area contributed by atoms with E-state index in [-0.39, 0.29) is 11.1 Å². The molecule has 0 aliphatic carbocycles. The molecule has 0 unspecified atom stereocenters. The molecule has 0 bridgehead atoms. The van der Waals surface area contributed by atoms with Gasteiger partial charge in [0.25, 0.3) is 0 Å². The topological polar surface area (TPSA) is 49.8 Å². The van der Waals surface area contributed by atoms with E-state index in [0.717, 1.165) is 29.9 Å². The zero-order valence-corrected chi connectivity index (χ0v) is 16.6. The molecule has 0 radical (unpaired) electrons. The highest BCUT2D eigenvalue weighted by Crippen LogP contribution is 2.31. The minimum absolute atomic E-state index is 0.107. The maximum atomic E-state index is 4.51. The molecule has 4 rings (SSSR count). The summed E-state index contributed by atoms with van der Waals surface area (Å²) in [5, 5.41) is 18.7. The van der Waals surface area contributed by atoms with E-state index in [0.29, 0.717) is 6.04 Å². The van der Waals surface area contributed by atoms with Crippen LogP contribution in [0.4, 0.5) is 5.82 Å². The lowest BCUT2D eigenvalue weighted by molar-refractivity contribution is 0.170. The van der Waals surface area contributed by atoms with E-state index in [1.165, 1.54) is 10.8 Å². The molecular formula is C23H28N4. The van der Waals surface area contributed by atoms with Crippen LogP contribution in [0.3, 0.4) is 0 Å². The molecular weight excluding hydrogens is 332 g/mol. The number of anilines is 1. The van der Waals surface area contributed by atoms with Crippen LogP contribution in [0, 0.1) is 0 Å². The molecule has 1 aliphatic heterocycles. The van der Waals surface area contributed by atoms with Crippen LogP contribution in [-0.2, 0) is 0 Å². The first-order valence-electron chi connectivity index (χ1n) is 9.69. The summed E-state index contributed by atoms with van der Waals surface area (Å²) in [6.07, 6.45) is 2.12. The van der Waals surface area contributed by atoms with Gasteiger partial charge in [0, 0.05) is 22.7 Å². The summed E-state index contributed by atoms with van der Waals surface area (Å²) in [7, 11) is 0. The fourth-order valence-electron chi connectivity index (χ4n) is 4.64. The fraction of sp³-hybridized carbons (Fsp3) is 0.391. The maximum Gasteiger partial charge on any atom is 0.148 e. The molecule has 2 aromatic carbocycles. The summed E-state index contributed by atoms with van der Waals surface area (Å²) in [5.41, 5.74) is 2.24. The van der Waals surface area contributed by atoms with Gasteiger partial charge in [-0.15, -0.1) is 10.2 Å². The number of fused-ring (bicyclic) bond motifs is 1. The zero-order valence-electron chi connectivity index (χ0n) is 16.6. The average molecular weight is 361 g/mol. The van der Waals surface area contributed by atoms with Crippen molar-refractivity contribution in [3.63, 3.8) is 0 Å². The lowest BCUT2D eigenvalue weighted by atomic mass is 9.79. The van der Waals surface area contributed by atoms with Crippen molar-refractivity contribution >= 4 is 16.6 Å². The number of hydrogen-bond acceptors (Lipinski definition) is 4. The smallest absolute Gasteiger partial charge is 0.148 e. The molecule has 1 saturated heterocycles. The van der Waals surface area contributed by atoms with Gasteiger partial charge in [-0.2, -0.15) is 0 Å². The summed E-state index contributed by atoms with van der Waals surface area (Å²) in [4.78, 5) is 0. The van der Waals surface area contributed by atoms with E-state index in [1.807, 2.05) is 6.07 Å². The van der Waals surface area contributed by atoms with Crippen molar-refractivity contribution in [2.24, 2.45) is 0 Å². The summed E-state index contributed by atoms with van der Waals surface area (Å²) >= 11 is 0. The Morgan fingerprint density at radius 1 is 0.852 bits per heavy atom. The van der Waals surface area contributed by atoms with Gasteiger partial charge in [0.2, 0.25) is 0 Å². The van der Waals surface area contributed by atoms with Crippen molar-refractivity contribution < 1.29 is 0 Å². The molecule has 140 valence electrons. The van der Waals surface area contributed by atoms with Crippen LogP contribution in [0.2, 0.25) is 0 Å². The summed E-state index contributed by atoms with van der Waals surface area (Å²) in [6, 6.07) is 19.2. The number of hydrogen-bond donors (Lipinski definition) is 2. The van der Waals surface area contributed by atoms with Gasteiger partial charge in [-0.1, -0.05) is 42.5 Å². The number of nitrogens with zero attached hydrogens (tertiary/aromatic N) is 2. The largest absolute Gasteiger partial charge is 0.366 e. The molecule has 0 amide bonds. The average Bonchev–Trinajstić information content (AvgIpc) is 2.59. The summed E-state index contributed by atoms with van der Waals surface area (Å²) in [5.74, 6) is 0.845. The molecule has 1 fully saturated rings. The van der Waals surface area contributed by atoms with Gasteiger partial charge in [0.1, 0.15) is 5.82 Å². The Bertz CT molecular complexity index is 923. The first kappa shape index (κ1) is 17.9. The van der Waals surface area contributed by atoms with E-state index in [1.54, 1.807) is 0 Å². The van der Waals surface area contributed by atoms with Gasteiger partial charge < -0.3 is 10.6 Å². The normalized spacial score (nSPS) is 19.1. The summed E-state index contributed by atoms with van der Waals surface area (Å²) in [6.45, 7) is 9.05. The number of aromatic nitrogens is 2. The molecule has 0 atom stereocenters. The predicted octanol–water partition coefficient (Wildman–Crippen LogP) is 5.02. The van der Waals surface area contributed by atoms with E-state index >= 15 is 0 Å². The van der Waals surface area contributed by atoms with E-state index in [9.17, 15) is 0 Å². The van der Waals surface area contributed by atoms with Crippen molar-refractivity contribution in [3.05, 3.63) is 54.6 Å². The molecule has 1 aromatic heterocycles. The molecule has 0 saturated carbocycles. The first-order valence-corrected chi connectivity index (χ1v) is 9.69. The van der Waals surface area contributed by atoms with Crippen LogP contribution >= 0.6 is 0 Å². The number of rotatable bonds is 3. The van der Waals surface area contributed by atoms with E-state index < -0.39 is 0 Å². The van der Waals surface area contributed by atoms with Crippen LogP contribution in [0.5, 0.6) is 0 Å². The lowest BCUT2D eigenvalue weighted by Crippen LogP contribution is -2.60. The number of benzene rings is 2. The van der Waals surface area contributed by atoms with Gasteiger partial charge >= 0.3 is 0 Å². The van der Waals surface area contributed by atoms with Crippen molar-refractivity contribution in [3.8, 4) is 11.3 Å². The monoisotopic (exact) mass is 360 g/mol. The second-order valence-corrected chi connectivity index (χ2v) is 8.97. The number of nitrogens with one attached hydrogen (secondary N) is 2. The van der Waals surface area contributed by atoms with Gasteiger partial charge in [0.15, 0.2) is 0 Å². The quantitative estimate of drug-likeness (QED) is 0.689. The highest BCUT2D eigenvalue weighted by molar-refractivity contribution is 5.95. The Morgan fingerprint density at radius 2 is 1.56 bits per heavy atom. The van der Waals surface area contributed by atoms with Crippen LogP contribution in [0.1, 0.15) is 40.5 Å². The zero-order chi connectivity index (χ0) is 19.1. The highest BCUT2D eigenvalue weighted by atomic mass is 15.2. The van der Waals surface area contributed by atoms with Crippen LogP contribution in [0.15, 0.2) is 54.6 Å². The fourth-order valence-corrected chi connectivity index (χ4v) is 4.64. The minimum atomic E-state index is 0.107. The van der Waals surface area contributed by atoms with Crippen LogP contribution < -0.4 is 10.6 Å². The van der Waals surface area contributed by atoms with Crippen LogP contribution in [-0.4, -0.2) is 27.3 Å². The predicted molar refractivity (Wildman–Crippen MR) is 113 cm³/mol. The third-order valence-corrected chi connectivity index (χ3v) is 5.27. The van der Waals surface area contributed by atoms with E-state index in [4.69, 9.17) is 0 Å². The molecule has 2 N–H and O–H groups in total. The van der Waals surface area contributed by atoms with E-state index in [2.05, 4.69) is 97.1 Å². The highest BCUT2D eigenvalue weighted by Gasteiger charge is 2.37. The third-order valence-electron chi connectivity index (χ3n) is 5.27. The maximum absolute atomic E-state index is 4.51. The Kier molecular flexibility index (Phi) is 4.39. The second-order valence-electron chi connectivity index (χ2n) is 8.97. The van der Waals surface area contributed by atoms with Crippen molar-refractivity contribution in [2.75, 3.05) is 5.32 Å². The van der Waals surface area contributed by atoms with Gasteiger partial charge in [-0.05, 0) is 63.4 Å². The van der Waals surface area contributed by atoms with Crippen molar-refractivity contribution in [1.29, 1.82) is 0 Å². The molecule has 4 heteroatoms. The van der Waals surface area contributed by atoms with Crippen molar-refractivity contribution in [2.45, 2.75) is 57.7 Å². The standard InChI is InChI=1S/C23H28N4/c1-22(2)14-17(15-23(3,4)27-22)24-21-13-12-20(25-26-21)19-11-7-9-16-8-5-6-10-18(16)19/h5-13,17,27H,14-15H2,1-4H3,(H,24,26). The molecule has 4 nitrogen and oxygen atoms in total. The van der Waals surface area contributed by atoms with Crippen molar-refractivity contribution in [1.82, 2.24) is 15.5 Å². The molecule has 3 aromatic rings. The summed E-state index contributed by atoms with van der Waals surface area (Å²) < 4.78 is 0. The SMILES string of the molecule is CC1(C)CC(Nc2ccc(-c3cccc4ccccc34)nn2)CC(C)(C)N1. The van der Waals surface area contributed by atoms with Gasteiger partial charge in [0.05, 0.1) is 5.69 Å². The second kappa shape index (κ2) is 6.61. The minimum Gasteiger partial charge on any atom is -0.366 e. The Morgan fingerprint density at radius 3 is 2.26 bits per heavy atom. The Hall–Kier alpha value is -2.46. The lowest BCUT2D eigenvalue weighted by Gasteiger charge is -2.46. The molecule has 2 heterocycles. The van der Waals surface area contributed by atoms with Gasteiger partial charge in [-0.3, -0.25) is 0 Å². The Labute approximate surface area is 161 Å². The molecule has 1 aliphatic rings.